The third kappa shape index (κ3) is 9.07. The highest BCUT2D eigenvalue weighted by atomic mass is 15.0. The van der Waals surface area contributed by atoms with Gasteiger partial charge in [-0.05, 0) is 126 Å². The summed E-state index contributed by atoms with van der Waals surface area (Å²) in [6.07, 6.45) is 0. The summed E-state index contributed by atoms with van der Waals surface area (Å²) in [4.78, 5) is 34.2. The zero-order valence-electron chi connectivity index (χ0n) is 45.1. The summed E-state index contributed by atoms with van der Waals surface area (Å²) in [6, 6.07) is 94.2. The van der Waals surface area contributed by atoms with Crippen LogP contribution in [0.1, 0.15) is 50.8 Å². The number of benzene rings is 11. The van der Waals surface area contributed by atoms with Crippen LogP contribution in [0.25, 0.3) is 118 Å². The molecule has 84 heavy (non-hydrogen) atoms. The molecule has 3 aliphatic carbocycles. The van der Waals surface area contributed by atoms with Gasteiger partial charge in [0.05, 0.1) is 18.2 Å². The van der Waals surface area contributed by atoms with Gasteiger partial charge in [0.25, 0.3) is 0 Å². The molecule has 2 aromatic heterocycles. The van der Waals surface area contributed by atoms with Gasteiger partial charge in [0.1, 0.15) is 0 Å². The molecule has 0 radical (unpaired) electrons. The van der Waals surface area contributed by atoms with Gasteiger partial charge in [-0.25, -0.2) is 34.7 Å². The molecule has 11 aromatic carbocycles. The van der Waals surface area contributed by atoms with E-state index in [9.17, 15) is 5.26 Å². The first-order valence-electron chi connectivity index (χ1n) is 27.9. The number of aromatic nitrogens is 6. The highest BCUT2D eigenvalue weighted by molar-refractivity contribution is 5.81. The van der Waals surface area contributed by atoms with Gasteiger partial charge in [-0.1, -0.05) is 218 Å². The molecule has 0 saturated heterocycles. The fraction of sp³-hybridized carbons (Fsp3) is 0.0263. The molecule has 16 rings (SSSR count). The van der Waals surface area contributed by atoms with E-state index in [4.69, 9.17) is 36.5 Å². The molecule has 8 nitrogen and oxygen atoms in total. The van der Waals surface area contributed by atoms with Gasteiger partial charge < -0.3 is 0 Å². The fourth-order valence-electron chi connectivity index (χ4n) is 12.1. The van der Waals surface area contributed by atoms with Crippen LogP contribution in [-0.2, 0) is 0 Å². The van der Waals surface area contributed by atoms with Crippen LogP contribution in [0.15, 0.2) is 267 Å². The Morgan fingerprint density at radius 1 is 0.262 bits per heavy atom. The Balaban J connectivity index is 0.769. The van der Waals surface area contributed by atoms with Crippen molar-refractivity contribution in [3.63, 3.8) is 0 Å². The minimum absolute atomic E-state index is 0.0518. The van der Waals surface area contributed by atoms with Crippen LogP contribution < -0.4 is 0 Å². The predicted octanol–water partition coefficient (Wildman–Crippen LogP) is 18.1. The quantitative estimate of drug-likeness (QED) is 0.126. The highest BCUT2D eigenvalue weighted by Crippen LogP contribution is 2.57. The number of hydrogen-bond acceptors (Lipinski definition) is 7. The lowest BCUT2D eigenvalue weighted by molar-refractivity contribution is 0.755. The normalized spacial score (nSPS) is 13.5. The highest BCUT2D eigenvalue weighted by Gasteiger charge is 2.41. The van der Waals surface area contributed by atoms with E-state index in [-0.39, 0.29) is 11.8 Å². The molecule has 2 bridgehead atoms. The topological polar surface area (TPSA) is 105 Å². The minimum atomic E-state index is 0.0518. The van der Waals surface area contributed by atoms with E-state index < -0.39 is 0 Å². The van der Waals surface area contributed by atoms with Gasteiger partial charge in [0.2, 0.25) is 0 Å². The van der Waals surface area contributed by atoms with E-state index in [0.717, 1.165) is 77.9 Å². The molecule has 3 aliphatic rings. The van der Waals surface area contributed by atoms with Crippen molar-refractivity contribution in [2.75, 3.05) is 0 Å². The van der Waals surface area contributed by atoms with Gasteiger partial charge in [-0.15, -0.1) is 0 Å². The SMILES string of the molecule is [C-]#[N+]c1ccc(-c2cccc(-c3nc(-c4ccccc4)nc(-c4cccc(-c5ccc6c(c5)C5c7ccccc7C6c6cc(-c7cccc(-c8nc(-c9ccccc9)nc(-c9cccc(-c%10ccc(C#N)cc%10)c9)n8)c7)ccc65)c4)n3)c2)cc1. The summed E-state index contributed by atoms with van der Waals surface area (Å²) >= 11 is 0. The van der Waals surface area contributed by atoms with Crippen molar-refractivity contribution in [1.29, 1.82) is 5.26 Å². The summed E-state index contributed by atoms with van der Waals surface area (Å²) in [5.74, 6) is 3.63. The van der Waals surface area contributed by atoms with Crippen molar-refractivity contribution in [1.82, 2.24) is 29.9 Å². The van der Waals surface area contributed by atoms with E-state index in [1.165, 1.54) is 33.4 Å². The molecular weight excluding hydrogens is 1020 g/mol. The maximum atomic E-state index is 9.41. The van der Waals surface area contributed by atoms with E-state index in [2.05, 4.69) is 144 Å². The van der Waals surface area contributed by atoms with Crippen molar-refractivity contribution >= 4 is 5.69 Å². The number of rotatable bonds is 10. The van der Waals surface area contributed by atoms with Crippen LogP contribution in [-0.4, -0.2) is 29.9 Å². The second-order valence-electron chi connectivity index (χ2n) is 21.2. The molecule has 8 heteroatoms. The third-order valence-electron chi connectivity index (χ3n) is 16.2. The summed E-state index contributed by atoms with van der Waals surface area (Å²) in [6.45, 7) is 7.42. The standard InChI is InChI=1S/C76H46N8/c1-78-62-36-32-49(33-37-62)53-19-11-23-59(41-53)74-80-72(51-16-6-3-7-17-51)82-76(84-74)61-25-13-21-55(43-61)57-35-39-66-68(45-57)70-64-27-9-8-26-63(64)69(66)67-44-56(34-38-65(67)70)54-20-12-24-60(42-54)75-81-71(50-14-4-2-5-15-50)79-73(83-75)58-22-10-18-52(40-58)48-30-28-47(46-77)29-31-48/h2-45,69-70H. The Hall–Kier alpha value is -11.6. The van der Waals surface area contributed by atoms with E-state index >= 15 is 0 Å². The first-order chi connectivity index (χ1) is 41.5. The molecule has 0 amide bonds. The van der Waals surface area contributed by atoms with Crippen molar-refractivity contribution in [2.24, 2.45) is 0 Å². The van der Waals surface area contributed by atoms with Crippen LogP contribution in [0.2, 0.25) is 0 Å². The van der Waals surface area contributed by atoms with Crippen LogP contribution in [0.4, 0.5) is 5.69 Å². The fourth-order valence-corrected chi connectivity index (χ4v) is 12.1. The summed E-state index contributed by atoms with van der Waals surface area (Å²) in [5.41, 5.74) is 23.0. The van der Waals surface area contributed by atoms with E-state index in [0.29, 0.717) is 46.2 Å². The predicted molar refractivity (Wildman–Crippen MR) is 333 cm³/mol. The van der Waals surface area contributed by atoms with Crippen molar-refractivity contribution in [2.45, 2.75) is 11.8 Å². The lowest BCUT2D eigenvalue weighted by Crippen LogP contribution is -2.27. The first-order valence-corrected chi connectivity index (χ1v) is 27.9. The molecule has 0 saturated carbocycles. The van der Waals surface area contributed by atoms with Gasteiger partial charge in [-0.2, -0.15) is 5.26 Å². The number of hydrogen-bond donors (Lipinski definition) is 0. The average molecular weight is 1070 g/mol. The minimum Gasteiger partial charge on any atom is -0.238 e. The molecule has 0 N–H and O–H groups in total. The summed E-state index contributed by atoms with van der Waals surface area (Å²) in [5, 5.41) is 9.41. The van der Waals surface area contributed by atoms with Crippen LogP contribution in [0, 0.1) is 17.9 Å². The largest absolute Gasteiger partial charge is 0.238 e. The first kappa shape index (κ1) is 49.5. The molecule has 13 aromatic rings. The van der Waals surface area contributed by atoms with Crippen molar-refractivity contribution in [3.8, 4) is 119 Å². The Labute approximate surface area is 486 Å². The molecule has 0 fully saturated rings. The van der Waals surface area contributed by atoms with Crippen LogP contribution in [0.3, 0.4) is 0 Å². The molecule has 0 aliphatic heterocycles. The number of nitriles is 1. The van der Waals surface area contributed by atoms with Crippen LogP contribution in [0.5, 0.6) is 0 Å². The lowest BCUT2D eigenvalue weighted by atomic mass is 9.60. The maximum absolute atomic E-state index is 9.41. The average Bonchev–Trinajstić information content (AvgIpc) is 0.837. The molecule has 390 valence electrons. The molecule has 2 heterocycles. The second kappa shape index (κ2) is 20.8. The molecular formula is C76H46N8. The maximum Gasteiger partial charge on any atom is 0.187 e. The van der Waals surface area contributed by atoms with Crippen LogP contribution >= 0.6 is 0 Å². The zero-order chi connectivity index (χ0) is 56.1. The monoisotopic (exact) mass is 1070 g/mol. The molecule has 2 atom stereocenters. The molecule has 2 unspecified atom stereocenters. The van der Waals surface area contributed by atoms with E-state index in [1.54, 1.807) is 0 Å². The zero-order valence-corrected chi connectivity index (χ0v) is 45.1. The summed E-state index contributed by atoms with van der Waals surface area (Å²) < 4.78 is 0. The van der Waals surface area contributed by atoms with Crippen molar-refractivity contribution < 1.29 is 0 Å². The smallest absolute Gasteiger partial charge is 0.187 e. The van der Waals surface area contributed by atoms with Gasteiger partial charge in [0.15, 0.2) is 40.6 Å². The Morgan fingerprint density at radius 3 is 0.917 bits per heavy atom. The van der Waals surface area contributed by atoms with Gasteiger partial charge in [-0.3, -0.25) is 0 Å². The molecule has 0 spiro atoms. The third-order valence-corrected chi connectivity index (χ3v) is 16.2. The van der Waals surface area contributed by atoms with Gasteiger partial charge in [0, 0.05) is 45.2 Å². The lowest BCUT2D eigenvalue weighted by Gasteiger charge is -2.42. The number of nitrogens with zero attached hydrogens (tertiary/aromatic N) is 8. The van der Waals surface area contributed by atoms with Gasteiger partial charge >= 0.3 is 0 Å². The Kier molecular flexibility index (Phi) is 12.3. The Morgan fingerprint density at radius 2 is 0.548 bits per heavy atom. The second-order valence-corrected chi connectivity index (χ2v) is 21.2. The summed E-state index contributed by atoms with van der Waals surface area (Å²) in [7, 11) is 0. The van der Waals surface area contributed by atoms with Crippen molar-refractivity contribution in [3.05, 3.63) is 317 Å². The van der Waals surface area contributed by atoms with E-state index in [1.807, 2.05) is 133 Å². The Bertz CT molecular complexity index is 4510.